The molecular formula is C29H46N4O2. The molecule has 0 amide bonds. The number of aromatic nitrogens is 4. The van der Waals surface area contributed by atoms with Crippen LogP contribution in [0.15, 0.2) is 6.58 Å². The second-order valence-corrected chi connectivity index (χ2v) is 12.8. The second-order valence-electron chi connectivity index (χ2n) is 12.8. The smallest absolute Gasteiger partial charge is 0.237 e. The van der Waals surface area contributed by atoms with Crippen molar-refractivity contribution >= 4 is 5.76 Å². The van der Waals surface area contributed by atoms with Crippen LogP contribution in [-0.2, 0) is 11.2 Å². The Hall–Kier alpha value is -1.56. The van der Waals surface area contributed by atoms with E-state index >= 15 is 0 Å². The van der Waals surface area contributed by atoms with Crippen LogP contribution < -0.4 is 0 Å². The lowest BCUT2D eigenvalue weighted by Crippen LogP contribution is -2.54. The molecule has 194 valence electrons. The van der Waals surface area contributed by atoms with E-state index in [1.165, 1.54) is 44.9 Å². The first kappa shape index (κ1) is 25.1. The van der Waals surface area contributed by atoms with Gasteiger partial charge >= 0.3 is 0 Å². The molecule has 5 rings (SSSR count). The van der Waals surface area contributed by atoms with E-state index in [0.29, 0.717) is 34.9 Å². The second kappa shape index (κ2) is 9.72. The molecule has 0 aliphatic heterocycles. The predicted octanol–water partition coefficient (Wildman–Crippen LogP) is 5.86. The maximum Gasteiger partial charge on any atom is 0.237 e. The molecule has 4 aliphatic rings. The van der Waals surface area contributed by atoms with E-state index in [4.69, 9.17) is 4.74 Å². The first-order valence-corrected chi connectivity index (χ1v) is 14.3. The monoisotopic (exact) mass is 482 g/mol. The Morgan fingerprint density at radius 3 is 2.46 bits per heavy atom. The van der Waals surface area contributed by atoms with E-state index in [0.717, 1.165) is 61.1 Å². The van der Waals surface area contributed by atoms with Gasteiger partial charge in [0.25, 0.3) is 0 Å². The quantitative estimate of drug-likeness (QED) is 0.490. The molecule has 1 N–H and O–H groups in total. The number of aliphatic hydroxyl groups excluding tert-OH is 1. The van der Waals surface area contributed by atoms with Crippen LogP contribution >= 0.6 is 0 Å². The van der Waals surface area contributed by atoms with Crippen LogP contribution in [0.5, 0.6) is 0 Å². The summed E-state index contributed by atoms with van der Waals surface area (Å²) in [6.07, 6.45) is 13.5. The zero-order chi connectivity index (χ0) is 24.8. The Balaban J connectivity index is 1.22. The summed E-state index contributed by atoms with van der Waals surface area (Å²) in [4.78, 5) is 0. The third-order valence-electron chi connectivity index (χ3n) is 11.3. The van der Waals surface area contributed by atoms with E-state index in [2.05, 4.69) is 47.7 Å². The molecule has 9 atom stereocenters. The Labute approximate surface area is 211 Å². The molecule has 4 saturated carbocycles. The van der Waals surface area contributed by atoms with Crippen LogP contribution in [0.3, 0.4) is 0 Å². The largest absolute Gasteiger partial charge is 0.490 e. The van der Waals surface area contributed by atoms with Gasteiger partial charge in [-0.1, -0.05) is 27.4 Å². The van der Waals surface area contributed by atoms with Crippen molar-refractivity contribution in [1.82, 2.24) is 20.4 Å². The summed E-state index contributed by atoms with van der Waals surface area (Å²) < 4.78 is 5.36. The molecule has 4 aliphatic carbocycles. The Morgan fingerprint density at radius 1 is 1.00 bits per heavy atom. The Morgan fingerprint density at radius 2 is 1.71 bits per heavy atom. The van der Waals surface area contributed by atoms with Crippen molar-refractivity contribution in [2.75, 3.05) is 6.61 Å². The maximum atomic E-state index is 10.3. The summed E-state index contributed by atoms with van der Waals surface area (Å²) in [6.45, 7) is 14.0. The van der Waals surface area contributed by atoms with Crippen molar-refractivity contribution in [3.8, 4) is 0 Å². The van der Waals surface area contributed by atoms with Crippen molar-refractivity contribution in [2.45, 2.75) is 104 Å². The van der Waals surface area contributed by atoms with Crippen molar-refractivity contribution in [3.05, 3.63) is 18.2 Å². The van der Waals surface area contributed by atoms with Crippen LogP contribution in [-0.4, -0.2) is 38.2 Å². The molecule has 6 nitrogen and oxygen atoms in total. The molecule has 35 heavy (non-hydrogen) atoms. The summed E-state index contributed by atoms with van der Waals surface area (Å²) in [5.41, 5.74) is 0.929. The summed E-state index contributed by atoms with van der Waals surface area (Å²) >= 11 is 0. The third kappa shape index (κ3) is 4.42. The highest BCUT2D eigenvalue weighted by Crippen LogP contribution is 2.68. The van der Waals surface area contributed by atoms with Gasteiger partial charge in [0.05, 0.1) is 12.7 Å². The molecule has 0 bridgehead atoms. The van der Waals surface area contributed by atoms with E-state index in [-0.39, 0.29) is 6.10 Å². The lowest BCUT2D eigenvalue weighted by molar-refractivity contribution is -0.129. The number of nitrogens with zero attached hydrogens (tertiary/aromatic N) is 4. The summed E-state index contributed by atoms with van der Waals surface area (Å²) in [5, 5.41) is 27.3. The minimum absolute atomic E-state index is 0.0516. The summed E-state index contributed by atoms with van der Waals surface area (Å²) in [6, 6.07) is 0. The van der Waals surface area contributed by atoms with Gasteiger partial charge in [0.15, 0.2) is 11.6 Å². The van der Waals surface area contributed by atoms with Gasteiger partial charge in [0.2, 0.25) is 5.82 Å². The van der Waals surface area contributed by atoms with Crippen molar-refractivity contribution < 1.29 is 9.84 Å². The van der Waals surface area contributed by atoms with Crippen molar-refractivity contribution in [1.29, 1.82) is 0 Å². The van der Waals surface area contributed by atoms with Crippen LogP contribution in [0.2, 0.25) is 0 Å². The van der Waals surface area contributed by atoms with Crippen LogP contribution in [0, 0.1) is 46.3 Å². The highest BCUT2D eigenvalue weighted by Gasteiger charge is 2.60. The topological polar surface area (TPSA) is 81.0 Å². The molecular weight excluding hydrogens is 436 g/mol. The van der Waals surface area contributed by atoms with Gasteiger partial charge in [-0.15, -0.1) is 20.4 Å². The van der Waals surface area contributed by atoms with Gasteiger partial charge in [-0.3, -0.25) is 0 Å². The minimum Gasteiger partial charge on any atom is -0.490 e. The molecule has 0 saturated heterocycles. The fraction of sp³-hybridized carbons (Fsp3) is 0.862. The molecule has 1 unspecified atom stereocenters. The number of rotatable bonds is 7. The highest BCUT2D eigenvalue weighted by molar-refractivity contribution is 5.47. The molecule has 1 heterocycles. The molecule has 0 radical (unpaired) electrons. The normalized spacial score (nSPS) is 41.4. The molecule has 4 fully saturated rings. The van der Waals surface area contributed by atoms with Crippen molar-refractivity contribution in [2.24, 2.45) is 46.3 Å². The first-order valence-electron chi connectivity index (χ1n) is 14.3. The molecule has 1 aromatic rings. The zero-order valence-electron chi connectivity index (χ0n) is 22.4. The zero-order valence-corrected chi connectivity index (χ0v) is 22.4. The Kier molecular flexibility index (Phi) is 6.97. The Bertz CT molecular complexity index is 906. The van der Waals surface area contributed by atoms with Gasteiger partial charge in [-0.05, 0) is 117 Å². The lowest BCUT2D eigenvalue weighted by atomic mass is 9.44. The van der Waals surface area contributed by atoms with Gasteiger partial charge in [-0.2, -0.15) is 0 Å². The van der Waals surface area contributed by atoms with Crippen LogP contribution in [0.4, 0.5) is 0 Å². The van der Waals surface area contributed by atoms with E-state index in [1.54, 1.807) is 0 Å². The third-order valence-corrected chi connectivity index (χ3v) is 11.3. The van der Waals surface area contributed by atoms with Gasteiger partial charge in [0.1, 0.15) is 0 Å². The molecule has 0 spiro atoms. The SMILES string of the molecule is C=C(OCC)c1nnc(CC[C@@H](C)[C@H]2CCC3[C@@H]4CC[C@@H]5C[C@H](O)CC[C@]5(C)[C@H]4CC[C@@]32C)nn1. The number of hydrogen-bond acceptors (Lipinski definition) is 6. The fourth-order valence-electron chi connectivity index (χ4n) is 9.47. The highest BCUT2D eigenvalue weighted by atomic mass is 16.5. The number of ether oxygens (including phenoxy) is 1. The lowest BCUT2D eigenvalue weighted by Gasteiger charge is -2.61. The molecule has 6 heteroatoms. The predicted molar refractivity (Wildman–Crippen MR) is 137 cm³/mol. The van der Waals surface area contributed by atoms with E-state index in [1.807, 2.05) is 6.92 Å². The maximum absolute atomic E-state index is 10.3. The fourth-order valence-corrected chi connectivity index (χ4v) is 9.47. The minimum atomic E-state index is -0.0516. The van der Waals surface area contributed by atoms with Crippen LogP contribution in [0.1, 0.15) is 104 Å². The van der Waals surface area contributed by atoms with Gasteiger partial charge < -0.3 is 9.84 Å². The summed E-state index contributed by atoms with van der Waals surface area (Å²) in [5.74, 6) is 6.35. The number of aliphatic hydroxyl groups is 1. The standard InChI is InChI=1S/C29H46N4O2/c1-6-35-19(3)27-32-30-26(31-33-27)12-7-18(2)23-10-11-24-22-9-8-20-17-21(34)13-15-28(20,4)25(22)14-16-29(23,24)5/h18,20-25,34H,3,6-17H2,1-2,4-5H3/t18-,20-,21-,22+,23-,24?,25+,28+,29-/m1/s1. The van der Waals surface area contributed by atoms with Gasteiger partial charge in [0, 0.05) is 6.42 Å². The van der Waals surface area contributed by atoms with Gasteiger partial charge in [-0.25, -0.2) is 0 Å². The molecule has 0 aromatic carbocycles. The average Bonchev–Trinajstić information content (AvgIpc) is 3.21. The first-order chi connectivity index (χ1) is 16.8. The average molecular weight is 483 g/mol. The van der Waals surface area contributed by atoms with Crippen LogP contribution in [0.25, 0.3) is 5.76 Å². The number of hydrogen-bond donors (Lipinski definition) is 1. The van der Waals surface area contributed by atoms with E-state index in [9.17, 15) is 5.11 Å². The number of fused-ring (bicyclic) bond motifs is 5. The van der Waals surface area contributed by atoms with E-state index < -0.39 is 0 Å². The van der Waals surface area contributed by atoms with Crippen molar-refractivity contribution in [3.63, 3.8) is 0 Å². The number of aryl methyl sites for hydroxylation is 1. The summed E-state index contributed by atoms with van der Waals surface area (Å²) in [7, 11) is 0. The molecule has 1 aromatic heterocycles.